The van der Waals surface area contributed by atoms with Crippen LogP contribution in [0.25, 0.3) is 10.2 Å². The maximum absolute atomic E-state index is 12.7. The Balaban J connectivity index is 2.88. The van der Waals surface area contributed by atoms with Crippen LogP contribution in [0, 0.1) is 12.3 Å². The minimum absolute atomic E-state index is 0.0251. The van der Waals surface area contributed by atoms with Crippen molar-refractivity contribution in [3.05, 3.63) is 22.7 Å². The minimum Gasteiger partial charge on any atom is -0.396 e. The number of hydrogen-bond donors (Lipinski definition) is 1. The first kappa shape index (κ1) is 10.8. The molecule has 0 aliphatic carbocycles. The van der Waals surface area contributed by atoms with Gasteiger partial charge in [0.2, 0.25) is 0 Å². The fourth-order valence-corrected chi connectivity index (χ4v) is 2.29. The van der Waals surface area contributed by atoms with Crippen LogP contribution in [0.15, 0.2) is 12.3 Å². The summed E-state index contributed by atoms with van der Waals surface area (Å²) in [5, 5.41) is -0.104. The van der Waals surface area contributed by atoms with Gasteiger partial charge in [0.1, 0.15) is 9.71 Å². The summed E-state index contributed by atoms with van der Waals surface area (Å²) in [5.74, 6) is 2.25. The second kappa shape index (κ2) is 3.39. The average Bonchev–Trinajstić information content (AvgIpc) is 2.54. The van der Waals surface area contributed by atoms with Crippen molar-refractivity contribution >= 4 is 27.2 Å². The number of nitrogen functional groups attached to an aromatic ring is 1. The van der Waals surface area contributed by atoms with Crippen molar-refractivity contribution in [1.29, 1.82) is 0 Å². The molecule has 0 atom stereocenters. The Morgan fingerprint density at radius 3 is 2.69 bits per heavy atom. The van der Waals surface area contributed by atoms with E-state index in [9.17, 15) is 13.2 Å². The van der Waals surface area contributed by atoms with E-state index in [4.69, 9.17) is 12.2 Å². The fraction of sp³-hybridized carbons (Fsp3) is 0.100. The number of rotatable bonds is 0. The first-order chi connectivity index (χ1) is 7.45. The van der Waals surface area contributed by atoms with Crippen LogP contribution in [0.1, 0.15) is 10.4 Å². The van der Waals surface area contributed by atoms with Crippen LogP contribution in [0.4, 0.5) is 18.9 Å². The third-order valence-corrected chi connectivity index (χ3v) is 3.11. The molecule has 2 nitrogen and oxygen atoms in total. The van der Waals surface area contributed by atoms with Gasteiger partial charge < -0.3 is 5.73 Å². The van der Waals surface area contributed by atoms with Crippen molar-refractivity contribution in [3.63, 3.8) is 0 Å². The highest BCUT2D eigenvalue weighted by Crippen LogP contribution is 2.40. The van der Waals surface area contributed by atoms with E-state index in [1.165, 1.54) is 0 Å². The zero-order chi connectivity index (χ0) is 11.9. The molecule has 6 heteroatoms. The van der Waals surface area contributed by atoms with Crippen molar-refractivity contribution in [2.45, 2.75) is 6.18 Å². The fourth-order valence-electron chi connectivity index (χ4n) is 1.39. The highest BCUT2D eigenvalue weighted by molar-refractivity contribution is 7.19. The van der Waals surface area contributed by atoms with E-state index in [1.54, 1.807) is 0 Å². The summed E-state index contributed by atoms with van der Waals surface area (Å²) in [4.78, 5) is 4.31. The molecule has 16 heavy (non-hydrogen) atoms. The van der Waals surface area contributed by atoms with E-state index in [1.807, 2.05) is 0 Å². The van der Waals surface area contributed by atoms with E-state index in [0.717, 1.165) is 23.6 Å². The molecule has 2 rings (SSSR count). The molecule has 2 N–H and O–H groups in total. The summed E-state index contributed by atoms with van der Waals surface area (Å²) in [7, 11) is 0. The summed E-state index contributed by atoms with van der Waals surface area (Å²) in [6.07, 6.45) is 1.79. The number of aromatic nitrogens is 1. The third kappa shape index (κ3) is 1.49. The van der Waals surface area contributed by atoms with E-state index in [2.05, 4.69) is 10.9 Å². The lowest BCUT2D eigenvalue weighted by molar-refractivity contribution is -0.136. The summed E-state index contributed by atoms with van der Waals surface area (Å²) in [6, 6.07) is 0.895. The Hall–Kier alpha value is -1.74. The zero-order valence-corrected chi connectivity index (χ0v) is 8.62. The molecular formula is C10H5F3N2S. The molecule has 0 unspecified atom stereocenters. The molecule has 2 aromatic heterocycles. The maximum Gasteiger partial charge on any atom is 0.417 e. The van der Waals surface area contributed by atoms with Gasteiger partial charge in [-0.3, -0.25) is 0 Å². The second-order valence-electron chi connectivity index (χ2n) is 3.03. The van der Waals surface area contributed by atoms with Gasteiger partial charge in [-0.05, 0) is 6.07 Å². The lowest BCUT2D eigenvalue weighted by Crippen LogP contribution is -2.06. The van der Waals surface area contributed by atoms with E-state index in [0.29, 0.717) is 0 Å². The summed E-state index contributed by atoms with van der Waals surface area (Å²) >= 11 is 0.982. The van der Waals surface area contributed by atoms with Gasteiger partial charge in [0, 0.05) is 11.6 Å². The van der Waals surface area contributed by atoms with Crippen molar-refractivity contribution in [3.8, 4) is 12.3 Å². The molecular weight excluding hydrogens is 237 g/mol. The van der Waals surface area contributed by atoms with Gasteiger partial charge >= 0.3 is 6.18 Å². The molecule has 2 heterocycles. The number of nitrogens with two attached hydrogens (primary N) is 1. The van der Waals surface area contributed by atoms with Crippen LogP contribution in [0.3, 0.4) is 0 Å². The van der Waals surface area contributed by atoms with Crippen LogP contribution < -0.4 is 5.73 Å². The van der Waals surface area contributed by atoms with Gasteiger partial charge in [0.15, 0.2) is 0 Å². The normalized spacial score (nSPS) is 11.6. The van der Waals surface area contributed by atoms with E-state index in [-0.39, 0.29) is 20.8 Å². The van der Waals surface area contributed by atoms with Gasteiger partial charge in [0.25, 0.3) is 0 Å². The van der Waals surface area contributed by atoms with Gasteiger partial charge in [-0.2, -0.15) is 13.2 Å². The predicted octanol–water partition coefficient (Wildman–Crippen LogP) is 2.88. The quantitative estimate of drug-likeness (QED) is 0.721. The number of halogens is 3. The molecule has 0 spiro atoms. The van der Waals surface area contributed by atoms with E-state index >= 15 is 0 Å². The van der Waals surface area contributed by atoms with Crippen molar-refractivity contribution in [1.82, 2.24) is 4.98 Å². The molecule has 0 amide bonds. The third-order valence-electron chi connectivity index (χ3n) is 2.07. The number of fused-ring (bicyclic) bond motifs is 1. The number of alkyl halides is 3. The number of terminal acetylenes is 1. The Morgan fingerprint density at radius 1 is 1.44 bits per heavy atom. The molecule has 0 saturated carbocycles. The monoisotopic (exact) mass is 242 g/mol. The highest BCUT2D eigenvalue weighted by Gasteiger charge is 2.34. The minimum atomic E-state index is -4.46. The van der Waals surface area contributed by atoms with Gasteiger partial charge in [-0.1, -0.05) is 5.92 Å². The molecule has 0 fully saturated rings. The van der Waals surface area contributed by atoms with Gasteiger partial charge in [-0.25, -0.2) is 4.98 Å². The van der Waals surface area contributed by atoms with Crippen molar-refractivity contribution < 1.29 is 13.2 Å². The topological polar surface area (TPSA) is 38.9 Å². The SMILES string of the molecule is C#Cc1sc2nccc(C(F)(F)F)c2c1N. The Labute approximate surface area is 92.9 Å². The second-order valence-corrected chi connectivity index (χ2v) is 4.02. The lowest BCUT2D eigenvalue weighted by atomic mass is 10.1. The predicted molar refractivity (Wildman–Crippen MR) is 57.0 cm³/mol. The Morgan fingerprint density at radius 2 is 2.12 bits per heavy atom. The number of nitrogens with zero attached hydrogens (tertiary/aromatic N) is 1. The summed E-state index contributed by atoms with van der Waals surface area (Å²) in [5.41, 5.74) is 4.75. The highest BCUT2D eigenvalue weighted by atomic mass is 32.1. The molecule has 0 radical (unpaired) electrons. The number of thiophene rings is 1. The van der Waals surface area contributed by atoms with Gasteiger partial charge in [0.05, 0.1) is 11.3 Å². The number of pyridine rings is 1. The Kier molecular flexibility index (Phi) is 2.28. The zero-order valence-electron chi connectivity index (χ0n) is 7.80. The summed E-state index contributed by atoms with van der Waals surface area (Å²) < 4.78 is 38.0. The molecule has 0 bridgehead atoms. The molecule has 0 aliphatic heterocycles. The Bertz CT molecular complexity index is 592. The molecule has 0 aromatic carbocycles. The smallest absolute Gasteiger partial charge is 0.396 e. The number of hydrogen-bond acceptors (Lipinski definition) is 3. The van der Waals surface area contributed by atoms with E-state index < -0.39 is 11.7 Å². The van der Waals surface area contributed by atoms with Crippen molar-refractivity contribution in [2.75, 3.05) is 5.73 Å². The molecule has 82 valence electrons. The van der Waals surface area contributed by atoms with Crippen LogP contribution in [0.2, 0.25) is 0 Å². The molecule has 0 saturated heterocycles. The number of anilines is 1. The largest absolute Gasteiger partial charge is 0.417 e. The van der Waals surface area contributed by atoms with Crippen molar-refractivity contribution in [2.24, 2.45) is 0 Å². The molecule has 2 aromatic rings. The average molecular weight is 242 g/mol. The first-order valence-corrected chi connectivity index (χ1v) is 4.97. The van der Waals surface area contributed by atoms with Crippen LogP contribution in [-0.4, -0.2) is 4.98 Å². The molecule has 0 aliphatic rings. The maximum atomic E-state index is 12.7. The van der Waals surface area contributed by atoms with Crippen LogP contribution in [-0.2, 0) is 6.18 Å². The lowest BCUT2D eigenvalue weighted by Gasteiger charge is -2.07. The van der Waals surface area contributed by atoms with Crippen LogP contribution in [0.5, 0.6) is 0 Å². The standard InChI is InChI=1S/C10H5F3N2S/c1-2-6-8(14)7-5(10(11,12)13)3-4-15-9(7)16-6/h1,3-4H,14H2. The van der Waals surface area contributed by atoms with Gasteiger partial charge in [-0.15, -0.1) is 17.8 Å². The first-order valence-electron chi connectivity index (χ1n) is 4.16. The van der Waals surface area contributed by atoms with Crippen LogP contribution >= 0.6 is 11.3 Å². The summed E-state index contributed by atoms with van der Waals surface area (Å²) in [6.45, 7) is 0.